The molecule has 138 valence electrons. The van der Waals surface area contributed by atoms with Gasteiger partial charge in [-0.15, -0.1) is 10.2 Å². The van der Waals surface area contributed by atoms with Crippen LogP contribution in [0.1, 0.15) is 22.3 Å². The van der Waals surface area contributed by atoms with E-state index >= 15 is 0 Å². The number of halogens is 1. The first kappa shape index (κ1) is 17.9. The summed E-state index contributed by atoms with van der Waals surface area (Å²) >= 11 is 6.57. The summed E-state index contributed by atoms with van der Waals surface area (Å²) in [5.41, 5.74) is 5.32. The van der Waals surface area contributed by atoms with E-state index in [-0.39, 0.29) is 0 Å². The zero-order valence-corrected chi connectivity index (χ0v) is 16.1. The molecule has 0 unspecified atom stereocenters. The Balaban J connectivity index is 1.61. The predicted octanol–water partition coefficient (Wildman–Crippen LogP) is 3.72. The van der Waals surface area contributed by atoms with E-state index in [1.165, 1.54) is 4.80 Å². The molecular weight excluding hydrogens is 374 g/mol. The van der Waals surface area contributed by atoms with Crippen molar-refractivity contribution >= 4 is 11.6 Å². The van der Waals surface area contributed by atoms with Crippen molar-refractivity contribution in [3.05, 3.63) is 76.1 Å². The van der Waals surface area contributed by atoms with Crippen molar-refractivity contribution in [2.75, 3.05) is 0 Å². The van der Waals surface area contributed by atoms with Crippen LogP contribution in [0.2, 0.25) is 5.15 Å². The number of nitrogens with zero attached hydrogens (tertiary/aromatic N) is 7. The minimum Gasteiger partial charge on any atom is -0.221 e. The highest BCUT2D eigenvalue weighted by Crippen LogP contribution is 2.28. The van der Waals surface area contributed by atoms with Crippen LogP contribution in [0.15, 0.2) is 48.7 Å². The Labute approximate surface area is 166 Å². The first-order valence-corrected chi connectivity index (χ1v) is 9.01. The zero-order chi connectivity index (χ0) is 19.7. The Kier molecular flexibility index (Phi) is 4.63. The number of nitriles is 1. The van der Waals surface area contributed by atoms with Crippen molar-refractivity contribution in [3.8, 4) is 23.1 Å². The minimum atomic E-state index is 0.412. The molecule has 2 aromatic carbocycles. The molecule has 0 fully saturated rings. The molecule has 0 atom stereocenters. The average Bonchev–Trinajstić information content (AvgIpc) is 3.31. The number of benzene rings is 2. The molecule has 4 aromatic rings. The number of aromatic nitrogens is 6. The van der Waals surface area contributed by atoms with E-state index in [9.17, 15) is 0 Å². The molecule has 0 spiro atoms. The molecule has 0 aliphatic rings. The fraction of sp³-hybridized carbons (Fsp3) is 0.150. The van der Waals surface area contributed by atoms with E-state index in [0.29, 0.717) is 28.6 Å². The van der Waals surface area contributed by atoms with Crippen LogP contribution in [0.25, 0.3) is 17.1 Å². The highest BCUT2D eigenvalue weighted by Gasteiger charge is 2.17. The van der Waals surface area contributed by atoms with Crippen LogP contribution in [-0.2, 0) is 6.54 Å². The first-order chi connectivity index (χ1) is 13.5. The molecule has 0 bridgehead atoms. The quantitative estimate of drug-likeness (QED) is 0.531. The van der Waals surface area contributed by atoms with Crippen molar-refractivity contribution in [1.29, 1.82) is 5.26 Å². The van der Waals surface area contributed by atoms with E-state index in [1.54, 1.807) is 23.0 Å². The highest BCUT2D eigenvalue weighted by molar-refractivity contribution is 6.32. The molecule has 0 N–H and O–H groups in total. The molecule has 0 saturated carbocycles. The second-order valence-corrected chi connectivity index (χ2v) is 6.86. The van der Waals surface area contributed by atoms with Gasteiger partial charge in [0.05, 0.1) is 35.6 Å². The summed E-state index contributed by atoms with van der Waals surface area (Å²) < 4.78 is 1.68. The van der Waals surface area contributed by atoms with Crippen LogP contribution in [0.5, 0.6) is 0 Å². The van der Waals surface area contributed by atoms with Crippen LogP contribution >= 0.6 is 11.6 Å². The van der Waals surface area contributed by atoms with E-state index in [0.717, 1.165) is 22.4 Å². The summed E-state index contributed by atoms with van der Waals surface area (Å²) in [6.45, 7) is 4.48. The number of rotatable bonds is 4. The predicted molar refractivity (Wildman–Crippen MR) is 105 cm³/mol. The lowest BCUT2D eigenvalue weighted by Gasteiger charge is -2.08. The Hall–Kier alpha value is -3.50. The van der Waals surface area contributed by atoms with E-state index in [1.807, 2.05) is 44.2 Å². The fourth-order valence-corrected chi connectivity index (χ4v) is 3.13. The Morgan fingerprint density at radius 1 is 1.11 bits per heavy atom. The van der Waals surface area contributed by atoms with Crippen molar-refractivity contribution in [1.82, 2.24) is 30.0 Å². The number of hydrogen-bond donors (Lipinski definition) is 0. The van der Waals surface area contributed by atoms with Gasteiger partial charge in [0.15, 0.2) is 0 Å². The maximum atomic E-state index is 8.88. The van der Waals surface area contributed by atoms with Crippen LogP contribution in [0.3, 0.4) is 0 Å². The molecule has 0 amide bonds. The molecule has 0 aliphatic carbocycles. The molecule has 0 aliphatic heterocycles. The third-order valence-electron chi connectivity index (χ3n) is 4.40. The topological polar surface area (TPSA) is 85.2 Å². The van der Waals surface area contributed by atoms with Gasteiger partial charge >= 0.3 is 0 Å². The van der Waals surface area contributed by atoms with Gasteiger partial charge in [0, 0.05) is 0 Å². The molecule has 0 radical (unpaired) electrons. The SMILES string of the molecule is Cc1ccc(C)c(-n2ncc(-c3nnn(Cc4ccc(C#N)cc4)n3)c2Cl)c1. The second kappa shape index (κ2) is 7.25. The van der Waals surface area contributed by atoms with Gasteiger partial charge in [-0.1, -0.05) is 35.9 Å². The Morgan fingerprint density at radius 3 is 2.64 bits per heavy atom. The molecule has 2 heterocycles. The standard InChI is InChI=1S/C20H16ClN7/c1-13-3-4-14(2)18(9-13)28-19(21)17(11-23-28)20-24-26-27(25-20)12-16-7-5-15(10-22)6-8-16/h3-9,11H,12H2,1-2H3. The van der Waals surface area contributed by atoms with Gasteiger partial charge in [0.2, 0.25) is 5.82 Å². The maximum Gasteiger partial charge on any atom is 0.209 e. The van der Waals surface area contributed by atoms with Crippen molar-refractivity contribution in [2.45, 2.75) is 20.4 Å². The Bertz CT molecular complexity index is 1180. The summed E-state index contributed by atoms with van der Waals surface area (Å²) in [7, 11) is 0. The van der Waals surface area contributed by atoms with Gasteiger partial charge in [0.1, 0.15) is 5.15 Å². The maximum absolute atomic E-state index is 8.88. The molecule has 8 heteroatoms. The highest BCUT2D eigenvalue weighted by atomic mass is 35.5. The normalized spacial score (nSPS) is 10.8. The van der Waals surface area contributed by atoms with Gasteiger partial charge in [-0.3, -0.25) is 0 Å². The lowest BCUT2D eigenvalue weighted by atomic mass is 10.1. The number of aryl methyl sites for hydroxylation is 2. The summed E-state index contributed by atoms with van der Waals surface area (Å²) in [5.74, 6) is 0.412. The molecule has 2 aromatic heterocycles. The minimum absolute atomic E-state index is 0.412. The van der Waals surface area contributed by atoms with Crippen LogP contribution in [0.4, 0.5) is 0 Å². The fourth-order valence-electron chi connectivity index (χ4n) is 2.87. The van der Waals surface area contributed by atoms with Crippen LogP contribution < -0.4 is 0 Å². The largest absolute Gasteiger partial charge is 0.221 e. The van der Waals surface area contributed by atoms with E-state index in [2.05, 4.69) is 26.6 Å². The average molecular weight is 390 g/mol. The number of hydrogen-bond acceptors (Lipinski definition) is 5. The molecule has 28 heavy (non-hydrogen) atoms. The molecule has 4 rings (SSSR count). The molecule has 0 saturated heterocycles. The smallest absolute Gasteiger partial charge is 0.209 e. The van der Waals surface area contributed by atoms with Crippen molar-refractivity contribution < 1.29 is 0 Å². The molecular formula is C20H16ClN7. The second-order valence-electron chi connectivity index (χ2n) is 6.50. The van der Waals surface area contributed by atoms with E-state index < -0.39 is 0 Å². The Morgan fingerprint density at radius 2 is 1.89 bits per heavy atom. The van der Waals surface area contributed by atoms with Gasteiger partial charge < -0.3 is 0 Å². The zero-order valence-electron chi connectivity index (χ0n) is 15.3. The molecule has 7 nitrogen and oxygen atoms in total. The summed E-state index contributed by atoms with van der Waals surface area (Å²) in [6.07, 6.45) is 1.65. The van der Waals surface area contributed by atoms with Crippen LogP contribution in [-0.4, -0.2) is 30.0 Å². The summed E-state index contributed by atoms with van der Waals surface area (Å²) in [6, 6.07) is 15.5. The lowest BCUT2D eigenvalue weighted by molar-refractivity contribution is 0.573. The number of tetrazole rings is 1. The van der Waals surface area contributed by atoms with Crippen molar-refractivity contribution in [2.24, 2.45) is 0 Å². The van der Waals surface area contributed by atoms with Crippen LogP contribution in [0, 0.1) is 25.2 Å². The van der Waals surface area contributed by atoms with Gasteiger partial charge in [-0.25, -0.2) is 4.68 Å². The van der Waals surface area contributed by atoms with E-state index in [4.69, 9.17) is 16.9 Å². The van der Waals surface area contributed by atoms with Gasteiger partial charge in [-0.05, 0) is 54.0 Å². The first-order valence-electron chi connectivity index (χ1n) is 8.63. The van der Waals surface area contributed by atoms with Gasteiger partial charge in [-0.2, -0.15) is 15.2 Å². The van der Waals surface area contributed by atoms with Gasteiger partial charge in [0.25, 0.3) is 0 Å². The lowest BCUT2D eigenvalue weighted by Crippen LogP contribution is -2.04. The monoisotopic (exact) mass is 389 g/mol. The third-order valence-corrected chi connectivity index (χ3v) is 4.77. The van der Waals surface area contributed by atoms with Crippen molar-refractivity contribution in [3.63, 3.8) is 0 Å². The third kappa shape index (κ3) is 3.38. The summed E-state index contributed by atoms with van der Waals surface area (Å²) in [4.78, 5) is 1.49. The summed E-state index contributed by atoms with van der Waals surface area (Å²) in [5, 5.41) is 26.4.